The van der Waals surface area contributed by atoms with Crippen molar-refractivity contribution in [3.63, 3.8) is 0 Å². The van der Waals surface area contributed by atoms with E-state index < -0.39 is 35.5 Å². The molecule has 3 amide bonds. The van der Waals surface area contributed by atoms with Crippen LogP contribution in [-0.2, 0) is 22.3 Å². The number of hydrogen-bond donors (Lipinski definition) is 1. The molecule has 4 aromatic rings. The number of fused-ring (bicyclic) bond motifs is 1. The number of para-hydroxylation sites is 1. The second kappa shape index (κ2) is 14.3. The number of aromatic nitrogens is 2. The Morgan fingerprint density at radius 3 is 2.40 bits per heavy atom. The molecular weight excluding hydrogens is 621 g/mol. The summed E-state index contributed by atoms with van der Waals surface area (Å²) in [6.45, 7) is 3.11. The topological polar surface area (TPSA) is 90.8 Å². The molecule has 1 aliphatic heterocycles. The highest BCUT2D eigenvalue weighted by Gasteiger charge is 2.44. The molecule has 0 fully saturated rings. The van der Waals surface area contributed by atoms with Gasteiger partial charge in [-0.05, 0) is 55.4 Å². The summed E-state index contributed by atoms with van der Waals surface area (Å²) >= 11 is 0. The molecule has 250 valence electrons. The Bertz CT molecular complexity index is 1820. The maximum atomic E-state index is 14.3. The van der Waals surface area contributed by atoms with Crippen molar-refractivity contribution < 1.29 is 27.6 Å². The number of nitrogens with one attached hydrogen (secondary N) is 1. The van der Waals surface area contributed by atoms with Crippen LogP contribution >= 0.6 is 0 Å². The van der Waals surface area contributed by atoms with E-state index in [1.807, 2.05) is 73.5 Å². The highest BCUT2D eigenvalue weighted by atomic mass is 19.4. The van der Waals surface area contributed by atoms with Gasteiger partial charge >= 0.3 is 6.18 Å². The number of rotatable bonds is 10. The van der Waals surface area contributed by atoms with Crippen molar-refractivity contribution >= 4 is 23.5 Å². The minimum atomic E-state index is -4.63. The average Bonchev–Trinajstić information content (AvgIpc) is 3.49. The lowest BCUT2D eigenvalue weighted by Gasteiger charge is -2.38. The highest BCUT2D eigenvalue weighted by Crippen LogP contribution is 2.42. The van der Waals surface area contributed by atoms with E-state index in [0.29, 0.717) is 24.5 Å². The summed E-state index contributed by atoms with van der Waals surface area (Å²) in [5, 5.41) is 7.44. The van der Waals surface area contributed by atoms with E-state index in [-0.39, 0.29) is 18.0 Å². The van der Waals surface area contributed by atoms with Crippen LogP contribution in [0.1, 0.15) is 45.5 Å². The number of carbonyl (C=O) groups excluding carboxylic acids is 3. The summed E-state index contributed by atoms with van der Waals surface area (Å²) in [6.07, 6.45) is 0.347. The molecule has 2 atom stereocenters. The quantitative estimate of drug-likeness (QED) is 0.235. The van der Waals surface area contributed by atoms with Crippen molar-refractivity contribution in [2.45, 2.75) is 31.6 Å². The number of likely N-dealkylation sites (N-methyl/N-ethyl adjacent to an activating group) is 3. The molecule has 1 aliphatic rings. The standard InChI is InChI=1S/C36H37F3N6O3/c1-5-44-34-29(22-40-45(34)28-16-7-6-8-17-28)31(25-13-9-12-24(20-25)23-43(4)19-11-18-30(46)42(2)3)32(35(44)48)41-33(47)26-14-10-15-27(21-26)36(37,38)39/h6-18,20-22,31-32H,5,19,23H2,1-4H3,(H,41,47)/b18-11+/t31-,32+/m1/s1. The fraction of sp³-hybridized carbons (Fsp3) is 0.278. The van der Waals surface area contributed by atoms with Crippen LogP contribution in [0, 0.1) is 0 Å². The van der Waals surface area contributed by atoms with Gasteiger partial charge in [-0.1, -0.05) is 54.6 Å². The van der Waals surface area contributed by atoms with Crippen LogP contribution in [0.5, 0.6) is 0 Å². The van der Waals surface area contributed by atoms with Crippen LogP contribution in [0.25, 0.3) is 5.69 Å². The molecule has 0 aliphatic carbocycles. The van der Waals surface area contributed by atoms with Gasteiger partial charge in [0.05, 0.1) is 17.4 Å². The summed E-state index contributed by atoms with van der Waals surface area (Å²) in [5.41, 5.74) is 1.92. The van der Waals surface area contributed by atoms with Crippen LogP contribution in [0.3, 0.4) is 0 Å². The SMILES string of the molecule is CCN1C(=O)[C@@H](NC(=O)c2cccc(C(F)(F)F)c2)[C@H](c2cccc(CN(C)C/C=C/C(=O)N(C)C)c2)c2cnn(-c3ccccc3)c21. The number of amides is 3. The van der Waals surface area contributed by atoms with Gasteiger partial charge in [-0.3, -0.25) is 24.2 Å². The molecule has 0 unspecified atom stereocenters. The number of carbonyl (C=O) groups is 3. The molecule has 48 heavy (non-hydrogen) atoms. The summed E-state index contributed by atoms with van der Waals surface area (Å²) in [4.78, 5) is 44.8. The summed E-state index contributed by atoms with van der Waals surface area (Å²) in [7, 11) is 5.28. The number of hydrogen-bond acceptors (Lipinski definition) is 5. The van der Waals surface area contributed by atoms with E-state index in [4.69, 9.17) is 0 Å². The molecule has 2 heterocycles. The van der Waals surface area contributed by atoms with Gasteiger partial charge in [0.1, 0.15) is 11.9 Å². The molecule has 5 rings (SSSR count). The predicted molar refractivity (Wildman–Crippen MR) is 177 cm³/mol. The molecular formula is C36H37F3N6O3. The zero-order valence-electron chi connectivity index (χ0n) is 27.1. The first-order valence-electron chi connectivity index (χ1n) is 15.5. The first kappa shape index (κ1) is 34.1. The fourth-order valence-corrected chi connectivity index (χ4v) is 5.82. The Hall–Kier alpha value is -5.23. The predicted octanol–water partition coefficient (Wildman–Crippen LogP) is 5.26. The van der Waals surface area contributed by atoms with E-state index in [1.165, 1.54) is 23.1 Å². The van der Waals surface area contributed by atoms with Crippen LogP contribution in [0.15, 0.2) is 97.2 Å². The highest BCUT2D eigenvalue weighted by molar-refractivity contribution is 6.05. The van der Waals surface area contributed by atoms with Crippen LogP contribution in [0.4, 0.5) is 19.0 Å². The van der Waals surface area contributed by atoms with Gasteiger partial charge in [0.25, 0.3) is 11.8 Å². The first-order chi connectivity index (χ1) is 22.9. The van der Waals surface area contributed by atoms with E-state index in [0.717, 1.165) is 28.9 Å². The Morgan fingerprint density at radius 1 is 0.979 bits per heavy atom. The molecule has 9 nitrogen and oxygen atoms in total. The molecule has 0 saturated heterocycles. The minimum absolute atomic E-state index is 0.112. The Morgan fingerprint density at radius 2 is 1.71 bits per heavy atom. The number of halogens is 3. The molecule has 0 saturated carbocycles. The van der Waals surface area contributed by atoms with Gasteiger partial charge in [-0.15, -0.1) is 0 Å². The number of alkyl halides is 3. The van der Waals surface area contributed by atoms with Gasteiger partial charge in [0.15, 0.2) is 0 Å². The zero-order valence-corrected chi connectivity index (χ0v) is 27.1. The summed E-state index contributed by atoms with van der Waals surface area (Å²) < 4.78 is 42.1. The molecule has 12 heteroatoms. The lowest BCUT2D eigenvalue weighted by molar-refractivity contribution is -0.137. The van der Waals surface area contributed by atoms with Crippen molar-refractivity contribution in [3.05, 3.63) is 125 Å². The second-order valence-corrected chi connectivity index (χ2v) is 11.8. The maximum Gasteiger partial charge on any atom is 0.416 e. The van der Waals surface area contributed by atoms with Gasteiger partial charge in [0, 0.05) is 56.9 Å². The molecule has 1 aromatic heterocycles. The average molecular weight is 659 g/mol. The third-order valence-electron chi connectivity index (χ3n) is 8.16. The lowest BCUT2D eigenvalue weighted by Crippen LogP contribution is -2.55. The van der Waals surface area contributed by atoms with E-state index in [2.05, 4.69) is 10.4 Å². The van der Waals surface area contributed by atoms with Gasteiger partial charge in [-0.2, -0.15) is 18.3 Å². The maximum absolute atomic E-state index is 14.3. The number of anilines is 1. The van der Waals surface area contributed by atoms with Crippen LogP contribution in [0.2, 0.25) is 0 Å². The number of benzene rings is 3. The molecule has 0 radical (unpaired) electrons. The summed E-state index contributed by atoms with van der Waals surface area (Å²) in [6, 6.07) is 20.0. The van der Waals surface area contributed by atoms with Gasteiger partial charge < -0.3 is 10.2 Å². The third-order valence-corrected chi connectivity index (χ3v) is 8.16. The van der Waals surface area contributed by atoms with Crippen molar-refractivity contribution in [1.82, 2.24) is 24.9 Å². The molecule has 0 spiro atoms. The Kier molecular flexibility index (Phi) is 10.1. The zero-order chi connectivity index (χ0) is 34.6. The molecule has 3 aromatic carbocycles. The molecule has 0 bridgehead atoms. The van der Waals surface area contributed by atoms with Gasteiger partial charge in [0.2, 0.25) is 5.91 Å². The van der Waals surface area contributed by atoms with Crippen LogP contribution < -0.4 is 10.2 Å². The van der Waals surface area contributed by atoms with E-state index >= 15 is 0 Å². The Labute approximate surface area is 277 Å². The molecule has 1 N–H and O–H groups in total. The smallest absolute Gasteiger partial charge is 0.345 e. The second-order valence-electron chi connectivity index (χ2n) is 11.8. The lowest BCUT2D eigenvalue weighted by atomic mass is 9.81. The van der Waals surface area contributed by atoms with E-state index in [9.17, 15) is 27.6 Å². The number of nitrogens with zero attached hydrogens (tertiary/aromatic N) is 5. The van der Waals surface area contributed by atoms with Crippen molar-refractivity contribution in [1.29, 1.82) is 0 Å². The van der Waals surface area contributed by atoms with Crippen molar-refractivity contribution in [3.8, 4) is 5.69 Å². The van der Waals surface area contributed by atoms with Crippen molar-refractivity contribution in [2.24, 2.45) is 0 Å². The largest absolute Gasteiger partial charge is 0.416 e. The third kappa shape index (κ3) is 7.33. The summed E-state index contributed by atoms with van der Waals surface area (Å²) in [5.74, 6) is -1.47. The van der Waals surface area contributed by atoms with Gasteiger partial charge in [-0.25, -0.2) is 4.68 Å². The van der Waals surface area contributed by atoms with E-state index in [1.54, 1.807) is 35.9 Å². The normalized spacial score (nSPS) is 16.3. The minimum Gasteiger partial charge on any atom is -0.345 e. The van der Waals surface area contributed by atoms with Crippen LogP contribution in [-0.4, -0.2) is 77.6 Å². The first-order valence-corrected chi connectivity index (χ1v) is 15.5. The fourth-order valence-electron chi connectivity index (χ4n) is 5.82. The van der Waals surface area contributed by atoms with Crippen molar-refractivity contribution in [2.75, 3.05) is 39.1 Å². The monoisotopic (exact) mass is 658 g/mol. The Balaban J connectivity index is 1.54.